The summed E-state index contributed by atoms with van der Waals surface area (Å²) in [7, 11) is 0. The molecule has 0 fully saturated rings. The van der Waals surface area contributed by atoms with E-state index in [0.717, 1.165) is 4.47 Å². The first-order chi connectivity index (χ1) is 10.1. The van der Waals surface area contributed by atoms with Gasteiger partial charge in [0.2, 0.25) is 0 Å². The average molecular weight is 362 g/mol. The van der Waals surface area contributed by atoms with Crippen LogP contribution in [0.25, 0.3) is 6.08 Å². The van der Waals surface area contributed by atoms with Crippen molar-refractivity contribution in [1.29, 1.82) is 5.26 Å². The van der Waals surface area contributed by atoms with Crippen LogP contribution in [0.5, 0.6) is 0 Å². The van der Waals surface area contributed by atoms with E-state index in [1.807, 2.05) is 12.1 Å². The summed E-state index contributed by atoms with van der Waals surface area (Å²) in [5.41, 5.74) is 1.22. The van der Waals surface area contributed by atoms with Crippen LogP contribution in [0.2, 0.25) is 5.02 Å². The number of carbonyl (C=O) groups is 1. The number of anilines is 1. The molecule has 0 aromatic heterocycles. The number of hydrogen-bond donors (Lipinski definition) is 1. The first kappa shape index (κ1) is 15.3. The maximum atomic E-state index is 12.1. The Morgan fingerprint density at radius 2 is 2.00 bits per heavy atom. The molecule has 0 bridgehead atoms. The van der Waals surface area contributed by atoms with Crippen molar-refractivity contribution in [1.82, 2.24) is 0 Å². The fourth-order valence-corrected chi connectivity index (χ4v) is 2.25. The molecule has 0 saturated heterocycles. The van der Waals surface area contributed by atoms with Gasteiger partial charge in [-0.2, -0.15) is 5.26 Å². The summed E-state index contributed by atoms with van der Waals surface area (Å²) in [6.45, 7) is 0. The summed E-state index contributed by atoms with van der Waals surface area (Å²) in [4.78, 5) is 12.1. The molecule has 2 rings (SSSR count). The lowest BCUT2D eigenvalue weighted by molar-refractivity contribution is -0.112. The second kappa shape index (κ2) is 7.07. The molecule has 21 heavy (non-hydrogen) atoms. The van der Waals surface area contributed by atoms with Crippen LogP contribution in [0.4, 0.5) is 5.69 Å². The van der Waals surface area contributed by atoms with E-state index < -0.39 is 5.91 Å². The van der Waals surface area contributed by atoms with Crippen molar-refractivity contribution < 1.29 is 4.79 Å². The Hall–Kier alpha value is -2.09. The standard InChI is InChI=1S/C16H10BrClN2O/c17-13-5-3-6-14(9-13)20-16(21)12(10-19)8-11-4-1-2-7-15(11)18/h1-9H,(H,20,21). The van der Waals surface area contributed by atoms with Gasteiger partial charge < -0.3 is 5.32 Å². The molecule has 2 aromatic rings. The minimum atomic E-state index is -0.476. The Kier molecular flexibility index (Phi) is 5.15. The van der Waals surface area contributed by atoms with E-state index >= 15 is 0 Å². The third kappa shape index (κ3) is 4.19. The van der Waals surface area contributed by atoms with Crippen molar-refractivity contribution >= 4 is 45.2 Å². The van der Waals surface area contributed by atoms with E-state index in [0.29, 0.717) is 16.3 Å². The van der Waals surface area contributed by atoms with Crippen molar-refractivity contribution in [3.8, 4) is 6.07 Å². The highest BCUT2D eigenvalue weighted by molar-refractivity contribution is 9.10. The summed E-state index contributed by atoms with van der Waals surface area (Å²) in [5, 5.41) is 12.3. The van der Waals surface area contributed by atoms with Crippen LogP contribution in [-0.2, 0) is 4.79 Å². The fraction of sp³-hybridized carbons (Fsp3) is 0. The normalized spacial score (nSPS) is 10.8. The molecule has 0 aliphatic carbocycles. The van der Waals surface area contributed by atoms with E-state index in [4.69, 9.17) is 16.9 Å². The van der Waals surface area contributed by atoms with Gasteiger partial charge in [0.1, 0.15) is 11.6 Å². The average Bonchev–Trinajstić information content (AvgIpc) is 2.46. The first-order valence-corrected chi connectivity index (χ1v) is 7.20. The molecular weight excluding hydrogens is 352 g/mol. The van der Waals surface area contributed by atoms with E-state index in [1.165, 1.54) is 6.08 Å². The van der Waals surface area contributed by atoms with Crippen molar-refractivity contribution in [3.05, 3.63) is 69.2 Å². The second-order valence-electron chi connectivity index (χ2n) is 4.16. The number of nitriles is 1. The molecule has 0 aliphatic heterocycles. The smallest absolute Gasteiger partial charge is 0.266 e. The van der Waals surface area contributed by atoms with E-state index in [-0.39, 0.29) is 5.57 Å². The quantitative estimate of drug-likeness (QED) is 0.639. The Morgan fingerprint density at radius 1 is 1.24 bits per heavy atom. The SMILES string of the molecule is N#CC(=Cc1ccccc1Cl)C(=O)Nc1cccc(Br)c1. The number of hydrogen-bond acceptors (Lipinski definition) is 2. The molecule has 0 spiro atoms. The predicted molar refractivity (Wildman–Crippen MR) is 87.8 cm³/mol. The lowest BCUT2D eigenvalue weighted by Crippen LogP contribution is -2.13. The van der Waals surface area contributed by atoms with E-state index in [2.05, 4.69) is 21.2 Å². The molecule has 0 unspecified atom stereocenters. The van der Waals surface area contributed by atoms with Crippen LogP contribution in [0.3, 0.4) is 0 Å². The Balaban J connectivity index is 2.24. The zero-order valence-corrected chi connectivity index (χ0v) is 13.1. The summed E-state index contributed by atoms with van der Waals surface area (Å²) < 4.78 is 0.842. The van der Waals surface area contributed by atoms with Crippen molar-refractivity contribution in [2.24, 2.45) is 0 Å². The van der Waals surface area contributed by atoms with Gasteiger partial charge in [0.25, 0.3) is 5.91 Å². The predicted octanol–water partition coefficient (Wildman–Crippen LogP) is 4.65. The van der Waals surface area contributed by atoms with Gasteiger partial charge in [-0.3, -0.25) is 4.79 Å². The molecule has 1 N–H and O–H groups in total. The van der Waals surface area contributed by atoms with Crippen molar-refractivity contribution in [2.45, 2.75) is 0 Å². The molecule has 1 amide bonds. The number of benzene rings is 2. The number of carbonyl (C=O) groups excluding carboxylic acids is 1. The van der Waals surface area contributed by atoms with Crippen LogP contribution < -0.4 is 5.32 Å². The van der Waals surface area contributed by atoms with Gasteiger partial charge in [0.05, 0.1) is 0 Å². The number of nitrogens with one attached hydrogen (secondary N) is 1. The van der Waals surface area contributed by atoms with Crippen LogP contribution in [0.15, 0.2) is 58.6 Å². The molecule has 5 heteroatoms. The van der Waals surface area contributed by atoms with Gasteiger partial charge in [-0.25, -0.2) is 0 Å². The van der Waals surface area contributed by atoms with Gasteiger partial charge in [-0.05, 0) is 35.9 Å². The first-order valence-electron chi connectivity index (χ1n) is 6.03. The Morgan fingerprint density at radius 3 is 2.67 bits per heavy atom. The number of amides is 1. The molecule has 2 aromatic carbocycles. The van der Waals surface area contributed by atoms with E-state index in [1.54, 1.807) is 42.5 Å². The molecule has 0 atom stereocenters. The minimum Gasteiger partial charge on any atom is -0.321 e. The third-order valence-corrected chi connectivity index (χ3v) is 3.49. The monoisotopic (exact) mass is 360 g/mol. The summed E-state index contributed by atoms with van der Waals surface area (Å²) in [6.07, 6.45) is 1.47. The Bertz CT molecular complexity index is 750. The minimum absolute atomic E-state index is 0.0110. The van der Waals surface area contributed by atoms with Gasteiger partial charge in [0.15, 0.2) is 0 Å². The highest BCUT2D eigenvalue weighted by Gasteiger charge is 2.10. The molecule has 0 radical (unpaired) electrons. The van der Waals surface area contributed by atoms with Gasteiger partial charge in [0, 0.05) is 15.2 Å². The topological polar surface area (TPSA) is 52.9 Å². The van der Waals surface area contributed by atoms with Crippen molar-refractivity contribution in [3.63, 3.8) is 0 Å². The molecule has 0 saturated carbocycles. The third-order valence-electron chi connectivity index (χ3n) is 2.65. The van der Waals surface area contributed by atoms with Crippen molar-refractivity contribution in [2.75, 3.05) is 5.32 Å². The highest BCUT2D eigenvalue weighted by Crippen LogP contribution is 2.20. The van der Waals surface area contributed by atoms with Gasteiger partial charge >= 0.3 is 0 Å². The van der Waals surface area contributed by atoms with E-state index in [9.17, 15) is 4.79 Å². The van der Waals surface area contributed by atoms with Gasteiger partial charge in [-0.1, -0.05) is 51.8 Å². The zero-order chi connectivity index (χ0) is 15.2. The summed E-state index contributed by atoms with van der Waals surface area (Å²) in [6, 6.07) is 16.1. The number of nitrogens with zero attached hydrogens (tertiary/aromatic N) is 1. The maximum Gasteiger partial charge on any atom is 0.266 e. The fourth-order valence-electron chi connectivity index (χ4n) is 1.66. The molecule has 104 valence electrons. The Labute approximate surface area is 136 Å². The van der Waals surface area contributed by atoms with Crippen LogP contribution in [0.1, 0.15) is 5.56 Å². The highest BCUT2D eigenvalue weighted by atomic mass is 79.9. The molecule has 3 nitrogen and oxygen atoms in total. The van der Waals surface area contributed by atoms with Gasteiger partial charge in [-0.15, -0.1) is 0 Å². The maximum absolute atomic E-state index is 12.1. The van der Waals surface area contributed by atoms with Crippen LogP contribution in [0, 0.1) is 11.3 Å². The lowest BCUT2D eigenvalue weighted by Gasteiger charge is -2.05. The largest absolute Gasteiger partial charge is 0.321 e. The number of halogens is 2. The van der Waals surface area contributed by atoms with Crippen LogP contribution in [-0.4, -0.2) is 5.91 Å². The number of rotatable bonds is 3. The second-order valence-corrected chi connectivity index (χ2v) is 5.48. The van der Waals surface area contributed by atoms with Crippen LogP contribution >= 0.6 is 27.5 Å². The molecular formula is C16H10BrClN2O. The molecule has 0 heterocycles. The summed E-state index contributed by atoms with van der Waals surface area (Å²) in [5.74, 6) is -0.476. The summed E-state index contributed by atoms with van der Waals surface area (Å²) >= 11 is 9.34. The molecule has 0 aliphatic rings. The zero-order valence-electron chi connectivity index (χ0n) is 10.8. The lowest BCUT2D eigenvalue weighted by atomic mass is 10.1.